The number of rotatable bonds is 6. The zero-order valence-electron chi connectivity index (χ0n) is 15.6. The normalized spacial score (nSPS) is 15.9. The number of anilines is 1. The molecule has 2 aromatic carbocycles. The minimum atomic E-state index is -0.427. The lowest BCUT2D eigenvalue weighted by Crippen LogP contribution is -2.41. The van der Waals surface area contributed by atoms with E-state index in [0.29, 0.717) is 0 Å². The summed E-state index contributed by atoms with van der Waals surface area (Å²) in [5, 5.41) is 6.69. The molecule has 26 heavy (non-hydrogen) atoms. The highest BCUT2D eigenvalue weighted by Crippen LogP contribution is 2.25. The van der Waals surface area contributed by atoms with Crippen molar-refractivity contribution in [2.45, 2.75) is 51.1 Å². The average molecular weight is 352 g/mol. The van der Waals surface area contributed by atoms with Crippen LogP contribution in [0.25, 0.3) is 0 Å². The molecular formula is C22H28N2O2. The standard InChI is InChI=1S/C22H28N2O2/c1-16-8-6-7-11-20(16)24-21(17-12-14-19(26-2)15-13-17)22(25)23-18-9-4-3-5-10-18/h6-8,11-15,18,21,24H,3-5,9-10H2,1-2H3,(H,23,25)/t21-/m1/s1. The maximum atomic E-state index is 13.1. The monoisotopic (exact) mass is 352 g/mol. The van der Waals surface area contributed by atoms with E-state index in [0.717, 1.165) is 35.4 Å². The molecule has 1 saturated carbocycles. The highest BCUT2D eigenvalue weighted by atomic mass is 16.5. The van der Waals surface area contributed by atoms with Gasteiger partial charge in [-0.25, -0.2) is 0 Å². The van der Waals surface area contributed by atoms with Crippen molar-refractivity contribution >= 4 is 11.6 Å². The molecule has 0 aliphatic heterocycles. The minimum absolute atomic E-state index is 0.0327. The van der Waals surface area contributed by atoms with E-state index in [1.54, 1.807) is 7.11 Å². The second kappa shape index (κ2) is 8.75. The molecule has 0 aromatic heterocycles. The van der Waals surface area contributed by atoms with Gasteiger partial charge in [0.2, 0.25) is 5.91 Å². The second-order valence-corrected chi connectivity index (χ2v) is 7.01. The predicted octanol–water partition coefficient (Wildman–Crippen LogP) is 4.61. The number of nitrogens with one attached hydrogen (secondary N) is 2. The molecule has 0 saturated heterocycles. The van der Waals surface area contributed by atoms with Crippen molar-refractivity contribution in [1.29, 1.82) is 0 Å². The number of methoxy groups -OCH3 is 1. The van der Waals surface area contributed by atoms with Crippen LogP contribution in [0, 0.1) is 6.92 Å². The van der Waals surface area contributed by atoms with Crippen LogP contribution in [0.1, 0.15) is 49.3 Å². The highest BCUT2D eigenvalue weighted by molar-refractivity contribution is 5.86. The summed E-state index contributed by atoms with van der Waals surface area (Å²) in [7, 11) is 1.65. The van der Waals surface area contributed by atoms with Crippen LogP contribution in [0.15, 0.2) is 48.5 Å². The molecule has 138 valence electrons. The van der Waals surface area contributed by atoms with E-state index in [1.165, 1.54) is 19.3 Å². The van der Waals surface area contributed by atoms with Gasteiger partial charge >= 0.3 is 0 Å². The van der Waals surface area contributed by atoms with Crippen LogP contribution in [-0.2, 0) is 4.79 Å². The van der Waals surface area contributed by atoms with Crippen LogP contribution >= 0.6 is 0 Å². The Bertz CT molecular complexity index is 721. The molecule has 0 bridgehead atoms. The summed E-state index contributed by atoms with van der Waals surface area (Å²) in [5.41, 5.74) is 3.03. The van der Waals surface area contributed by atoms with Gasteiger partial charge in [0.1, 0.15) is 11.8 Å². The van der Waals surface area contributed by atoms with Gasteiger partial charge in [-0.15, -0.1) is 0 Å². The van der Waals surface area contributed by atoms with Crippen molar-refractivity contribution in [2.24, 2.45) is 0 Å². The molecule has 1 aliphatic carbocycles. The lowest BCUT2D eigenvalue weighted by molar-refractivity contribution is -0.122. The Hall–Kier alpha value is -2.49. The van der Waals surface area contributed by atoms with Crippen molar-refractivity contribution in [3.63, 3.8) is 0 Å². The number of hydrogen-bond acceptors (Lipinski definition) is 3. The Morgan fingerprint density at radius 2 is 1.73 bits per heavy atom. The number of hydrogen-bond donors (Lipinski definition) is 2. The van der Waals surface area contributed by atoms with Gasteiger partial charge in [0.25, 0.3) is 0 Å². The number of amides is 1. The van der Waals surface area contributed by atoms with E-state index >= 15 is 0 Å². The first-order chi connectivity index (χ1) is 12.7. The second-order valence-electron chi connectivity index (χ2n) is 7.01. The largest absolute Gasteiger partial charge is 0.497 e. The molecule has 0 heterocycles. The Morgan fingerprint density at radius 3 is 2.38 bits per heavy atom. The van der Waals surface area contributed by atoms with E-state index in [-0.39, 0.29) is 11.9 Å². The highest BCUT2D eigenvalue weighted by Gasteiger charge is 2.24. The van der Waals surface area contributed by atoms with Crippen molar-refractivity contribution < 1.29 is 9.53 Å². The third-order valence-corrected chi connectivity index (χ3v) is 5.11. The van der Waals surface area contributed by atoms with Gasteiger partial charge in [0.05, 0.1) is 7.11 Å². The summed E-state index contributed by atoms with van der Waals surface area (Å²) in [4.78, 5) is 13.1. The average Bonchev–Trinajstić information content (AvgIpc) is 2.68. The number of carbonyl (C=O) groups is 1. The number of aryl methyl sites for hydroxylation is 1. The molecule has 1 atom stereocenters. The molecule has 2 aromatic rings. The van der Waals surface area contributed by atoms with Gasteiger partial charge in [-0.1, -0.05) is 49.6 Å². The zero-order valence-corrected chi connectivity index (χ0v) is 15.6. The fourth-order valence-corrected chi connectivity index (χ4v) is 3.52. The summed E-state index contributed by atoms with van der Waals surface area (Å²) in [6, 6.07) is 15.6. The van der Waals surface area contributed by atoms with Crippen LogP contribution < -0.4 is 15.4 Å². The molecule has 4 nitrogen and oxygen atoms in total. The van der Waals surface area contributed by atoms with Crippen LogP contribution in [-0.4, -0.2) is 19.1 Å². The molecule has 1 aliphatic rings. The first-order valence-corrected chi connectivity index (χ1v) is 9.44. The summed E-state index contributed by atoms with van der Waals surface area (Å²) in [5.74, 6) is 0.821. The zero-order chi connectivity index (χ0) is 18.4. The van der Waals surface area contributed by atoms with E-state index in [4.69, 9.17) is 4.74 Å². The molecule has 1 amide bonds. The Balaban J connectivity index is 1.82. The Morgan fingerprint density at radius 1 is 1.04 bits per heavy atom. The smallest absolute Gasteiger partial charge is 0.247 e. The topological polar surface area (TPSA) is 50.4 Å². The summed E-state index contributed by atoms with van der Waals surface area (Å²) in [6.07, 6.45) is 5.82. The molecule has 0 unspecified atom stereocenters. The molecule has 4 heteroatoms. The number of benzene rings is 2. The van der Waals surface area contributed by atoms with Crippen molar-refractivity contribution in [3.05, 3.63) is 59.7 Å². The van der Waals surface area contributed by atoms with Gasteiger partial charge in [-0.2, -0.15) is 0 Å². The lowest BCUT2D eigenvalue weighted by atomic mass is 9.95. The first kappa shape index (κ1) is 18.3. The fourth-order valence-electron chi connectivity index (χ4n) is 3.52. The maximum absolute atomic E-state index is 13.1. The molecule has 1 fully saturated rings. The van der Waals surface area contributed by atoms with Crippen LogP contribution in [0.4, 0.5) is 5.69 Å². The van der Waals surface area contributed by atoms with E-state index < -0.39 is 6.04 Å². The summed E-state index contributed by atoms with van der Waals surface area (Å²) < 4.78 is 5.25. The number of para-hydroxylation sites is 1. The number of carbonyl (C=O) groups excluding carboxylic acids is 1. The summed E-state index contributed by atoms with van der Waals surface area (Å²) >= 11 is 0. The van der Waals surface area contributed by atoms with Gasteiger partial charge in [-0.3, -0.25) is 4.79 Å². The molecular weight excluding hydrogens is 324 g/mol. The summed E-state index contributed by atoms with van der Waals surface area (Å²) in [6.45, 7) is 2.05. The SMILES string of the molecule is COc1ccc([C@@H](Nc2ccccc2C)C(=O)NC2CCCCC2)cc1. The quantitative estimate of drug-likeness (QED) is 0.798. The Kier molecular flexibility index (Phi) is 6.16. The fraction of sp³-hybridized carbons (Fsp3) is 0.409. The van der Waals surface area contributed by atoms with Crippen LogP contribution in [0.3, 0.4) is 0 Å². The third-order valence-electron chi connectivity index (χ3n) is 5.11. The lowest BCUT2D eigenvalue weighted by Gasteiger charge is -2.27. The van der Waals surface area contributed by atoms with Crippen LogP contribution in [0.2, 0.25) is 0 Å². The van der Waals surface area contributed by atoms with Crippen molar-refractivity contribution in [3.8, 4) is 5.75 Å². The molecule has 3 rings (SSSR count). The van der Waals surface area contributed by atoms with Gasteiger partial charge in [-0.05, 0) is 49.1 Å². The third kappa shape index (κ3) is 4.57. The van der Waals surface area contributed by atoms with Gasteiger partial charge in [0.15, 0.2) is 0 Å². The minimum Gasteiger partial charge on any atom is -0.497 e. The van der Waals surface area contributed by atoms with Crippen molar-refractivity contribution in [1.82, 2.24) is 5.32 Å². The van der Waals surface area contributed by atoms with Crippen molar-refractivity contribution in [2.75, 3.05) is 12.4 Å². The first-order valence-electron chi connectivity index (χ1n) is 9.44. The molecule has 0 spiro atoms. The van der Waals surface area contributed by atoms with E-state index in [2.05, 4.69) is 10.6 Å². The van der Waals surface area contributed by atoms with Gasteiger partial charge < -0.3 is 15.4 Å². The molecule has 0 radical (unpaired) electrons. The maximum Gasteiger partial charge on any atom is 0.247 e. The number of ether oxygens (including phenoxy) is 1. The van der Waals surface area contributed by atoms with E-state index in [1.807, 2.05) is 55.5 Å². The Labute approximate surface area is 156 Å². The molecule has 2 N–H and O–H groups in total. The van der Waals surface area contributed by atoms with Crippen LogP contribution in [0.5, 0.6) is 5.75 Å². The predicted molar refractivity (Wildman–Crippen MR) is 106 cm³/mol. The van der Waals surface area contributed by atoms with Gasteiger partial charge in [0, 0.05) is 11.7 Å². The van der Waals surface area contributed by atoms with E-state index in [9.17, 15) is 4.79 Å².